The Balaban J connectivity index is 2.52. The second-order valence-electron chi connectivity index (χ2n) is 3.53. The van der Waals surface area contributed by atoms with Gasteiger partial charge in [0.15, 0.2) is 0 Å². The molecule has 0 atom stereocenters. The Kier molecular flexibility index (Phi) is 3.65. The third-order valence-corrected chi connectivity index (χ3v) is 5.37. The number of hydrogen-bond donors (Lipinski definition) is 1. The number of nitrogens with two attached hydrogens (primary N) is 1. The molecule has 5 nitrogen and oxygen atoms in total. The van der Waals surface area contributed by atoms with Gasteiger partial charge in [-0.15, -0.1) is 0 Å². The van der Waals surface area contributed by atoms with E-state index in [2.05, 4.69) is 15.9 Å². The molecule has 1 fully saturated rings. The Morgan fingerprint density at radius 2 is 2.18 bits per heavy atom. The molecule has 0 radical (unpaired) electrons. The molecule has 1 aromatic rings. The molecule has 8 heteroatoms. The minimum atomic E-state index is -3.71. The molecule has 0 spiro atoms. The van der Waals surface area contributed by atoms with Crippen molar-refractivity contribution in [3.63, 3.8) is 0 Å². The number of anilines is 1. The van der Waals surface area contributed by atoms with Gasteiger partial charge in [0.25, 0.3) is 10.0 Å². The molecular weight excluding hydrogens is 332 g/mol. The Morgan fingerprint density at radius 1 is 1.47 bits per heavy atom. The Hall–Kier alpha value is -0.340. The van der Waals surface area contributed by atoms with Crippen molar-refractivity contribution in [2.45, 2.75) is 11.3 Å². The van der Waals surface area contributed by atoms with Crippen molar-refractivity contribution in [3.05, 3.63) is 21.6 Å². The van der Waals surface area contributed by atoms with Gasteiger partial charge in [-0.3, -0.25) is 4.84 Å². The maximum atomic E-state index is 12.2. The van der Waals surface area contributed by atoms with Crippen LogP contribution in [-0.2, 0) is 14.9 Å². The molecule has 0 bridgehead atoms. The molecule has 0 saturated carbocycles. The summed E-state index contributed by atoms with van der Waals surface area (Å²) in [6.45, 7) is 0.730. The van der Waals surface area contributed by atoms with Crippen LogP contribution in [0.3, 0.4) is 0 Å². The number of hydroxylamine groups is 1. The number of nitrogen functional groups attached to an aromatic ring is 1. The molecule has 2 rings (SSSR count). The first-order chi connectivity index (χ1) is 7.93. The normalized spacial score (nSPS) is 17.5. The molecule has 0 unspecified atom stereocenters. The highest BCUT2D eigenvalue weighted by Gasteiger charge is 2.31. The van der Waals surface area contributed by atoms with Gasteiger partial charge < -0.3 is 5.73 Å². The molecule has 17 heavy (non-hydrogen) atoms. The van der Waals surface area contributed by atoms with Gasteiger partial charge in [-0.1, -0.05) is 16.1 Å². The fourth-order valence-electron chi connectivity index (χ4n) is 1.50. The van der Waals surface area contributed by atoms with Gasteiger partial charge in [-0.2, -0.15) is 0 Å². The van der Waals surface area contributed by atoms with E-state index in [0.717, 1.165) is 4.47 Å². The van der Waals surface area contributed by atoms with E-state index in [4.69, 9.17) is 22.2 Å². The van der Waals surface area contributed by atoms with Crippen LogP contribution in [0.5, 0.6) is 0 Å². The van der Waals surface area contributed by atoms with Gasteiger partial charge >= 0.3 is 0 Å². The average molecular weight is 342 g/mol. The van der Waals surface area contributed by atoms with Crippen molar-refractivity contribution in [1.82, 2.24) is 4.47 Å². The van der Waals surface area contributed by atoms with Crippen molar-refractivity contribution in [3.8, 4) is 0 Å². The van der Waals surface area contributed by atoms with E-state index in [1.807, 2.05) is 0 Å². The topological polar surface area (TPSA) is 72.6 Å². The summed E-state index contributed by atoms with van der Waals surface area (Å²) in [6, 6.07) is 2.83. The van der Waals surface area contributed by atoms with Crippen LogP contribution in [-0.4, -0.2) is 26.0 Å². The lowest BCUT2D eigenvalue weighted by Gasteiger charge is -2.16. The maximum absolute atomic E-state index is 12.2. The van der Waals surface area contributed by atoms with E-state index in [1.54, 1.807) is 0 Å². The van der Waals surface area contributed by atoms with Gasteiger partial charge in [0.2, 0.25) is 0 Å². The zero-order chi connectivity index (χ0) is 12.6. The highest BCUT2D eigenvalue weighted by atomic mass is 79.9. The number of nitrogens with zero attached hydrogens (tertiary/aromatic N) is 1. The van der Waals surface area contributed by atoms with Crippen LogP contribution in [0.4, 0.5) is 5.69 Å². The Morgan fingerprint density at radius 3 is 2.76 bits per heavy atom. The van der Waals surface area contributed by atoms with Gasteiger partial charge in [0.05, 0.1) is 11.1 Å². The maximum Gasteiger partial charge on any atom is 0.266 e. The largest absolute Gasteiger partial charge is 0.398 e. The highest BCUT2D eigenvalue weighted by molar-refractivity contribution is 9.10. The predicted octanol–water partition coefficient (Wildman–Crippen LogP) is 2.01. The lowest BCUT2D eigenvalue weighted by atomic mass is 10.3. The van der Waals surface area contributed by atoms with Crippen molar-refractivity contribution >= 4 is 43.2 Å². The first-order valence-corrected chi connectivity index (χ1v) is 7.44. The van der Waals surface area contributed by atoms with Crippen LogP contribution in [0.15, 0.2) is 21.5 Å². The third-order valence-electron chi connectivity index (χ3n) is 2.30. The standard InChI is InChI=1S/C9H10BrClN2O3S/c10-9-7(12)4-6(11)5-8(9)17(14,15)13-2-1-3-16-13/h4-5H,1-3,12H2. The fraction of sp³-hybridized carbons (Fsp3) is 0.333. The molecular formula is C9H10BrClN2O3S. The summed E-state index contributed by atoms with van der Waals surface area (Å²) in [6.07, 6.45) is 0.674. The van der Waals surface area contributed by atoms with E-state index in [1.165, 1.54) is 12.1 Å². The quantitative estimate of drug-likeness (QED) is 0.835. The molecule has 1 heterocycles. The summed E-state index contributed by atoms with van der Waals surface area (Å²) >= 11 is 8.96. The van der Waals surface area contributed by atoms with Crippen molar-refractivity contribution in [2.24, 2.45) is 0 Å². The lowest BCUT2D eigenvalue weighted by molar-refractivity contribution is -0.0284. The first kappa shape index (κ1) is 13.1. The van der Waals surface area contributed by atoms with Crippen LogP contribution in [0, 0.1) is 0 Å². The summed E-state index contributed by atoms with van der Waals surface area (Å²) in [7, 11) is -3.71. The van der Waals surface area contributed by atoms with Gasteiger partial charge in [-0.25, -0.2) is 8.42 Å². The van der Waals surface area contributed by atoms with Gasteiger partial charge in [0, 0.05) is 17.3 Å². The fourth-order valence-corrected chi connectivity index (χ4v) is 4.05. The number of benzene rings is 1. The van der Waals surface area contributed by atoms with E-state index in [-0.39, 0.29) is 15.6 Å². The smallest absolute Gasteiger partial charge is 0.266 e. The van der Waals surface area contributed by atoms with Crippen LogP contribution in [0.1, 0.15) is 6.42 Å². The molecule has 1 saturated heterocycles. The van der Waals surface area contributed by atoms with Gasteiger partial charge in [0.1, 0.15) is 4.90 Å². The molecule has 1 aliphatic rings. The third kappa shape index (κ3) is 2.43. The zero-order valence-electron chi connectivity index (χ0n) is 8.69. The Labute approximate surface area is 113 Å². The summed E-state index contributed by atoms with van der Waals surface area (Å²) in [4.78, 5) is 5.07. The summed E-state index contributed by atoms with van der Waals surface area (Å²) in [5.74, 6) is 0. The van der Waals surface area contributed by atoms with Crippen LogP contribution < -0.4 is 5.73 Å². The Bertz CT molecular complexity index is 543. The number of rotatable bonds is 2. The SMILES string of the molecule is Nc1cc(Cl)cc(S(=O)(=O)N2CCCO2)c1Br. The van der Waals surface area contributed by atoms with Crippen LogP contribution in [0.25, 0.3) is 0 Å². The highest BCUT2D eigenvalue weighted by Crippen LogP contribution is 2.34. The first-order valence-electron chi connectivity index (χ1n) is 4.83. The number of halogens is 2. The van der Waals surface area contributed by atoms with E-state index < -0.39 is 10.0 Å². The summed E-state index contributed by atoms with van der Waals surface area (Å²) in [5, 5.41) is 0.267. The van der Waals surface area contributed by atoms with Crippen LogP contribution >= 0.6 is 27.5 Å². The van der Waals surface area contributed by atoms with E-state index in [9.17, 15) is 8.42 Å². The van der Waals surface area contributed by atoms with E-state index in [0.29, 0.717) is 24.0 Å². The summed E-state index contributed by atoms with van der Waals surface area (Å²) < 4.78 is 25.7. The monoisotopic (exact) mass is 340 g/mol. The van der Waals surface area contributed by atoms with Crippen molar-refractivity contribution in [1.29, 1.82) is 0 Å². The molecule has 0 aliphatic carbocycles. The molecule has 94 valence electrons. The summed E-state index contributed by atoms with van der Waals surface area (Å²) in [5.41, 5.74) is 5.94. The number of hydrogen-bond acceptors (Lipinski definition) is 4. The predicted molar refractivity (Wildman–Crippen MR) is 68.0 cm³/mol. The lowest BCUT2D eigenvalue weighted by Crippen LogP contribution is -2.27. The second kappa shape index (κ2) is 4.74. The zero-order valence-corrected chi connectivity index (χ0v) is 11.8. The molecule has 0 aromatic heterocycles. The molecule has 1 aliphatic heterocycles. The van der Waals surface area contributed by atoms with E-state index >= 15 is 0 Å². The minimum Gasteiger partial charge on any atom is -0.398 e. The minimum absolute atomic E-state index is 0.0180. The molecule has 1 aromatic carbocycles. The van der Waals surface area contributed by atoms with Crippen molar-refractivity contribution in [2.75, 3.05) is 18.9 Å². The molecule has 2 N–H and O–H groups in total. The average Bonchev–Trinajstić information content (AvgIpc) is 2.76. The van der Waals surface area contributed by atoms with Crippen molar-refractivity contribution < 1.29 is 13.3 Å². The molecule has 0 amide bonds. The van der Waals surface area contributed by atoms with Crippen LogP contribution in [0.2, 0.25) is 5.02 Å². The number of sulfonamides is 1. The van der Waals surface area contributed by atoms with Gasteiger partial charge in [-0.05, 0) is 34.5 Å². The second-order valence-corrected chi connectivity index (χ2v) is 6.55.